The molecule has 0 fully saturated rings. The van der Waals surface area contributed by atoms with Gasteiger partial charge < -0.3 is 4.74 Å². The highest BCUT2D eigenvalue weighted by atomic mass is 16.5. The molecule has 0 amide bonds. The molecule has 4 heteroatoms. The molecule has 0 unspecified atom stereocenters. The van der Waals surface area contributed by atoms with E-state index in [9.17, 15) is 9.59 Å². The van der Waals surface area contributed by atoms with Gasteiger partial charge in [-0.05, 0) is 33.2 Å². The van der Waals surface area contributed by atoms with Crippen LogP contribution in [0.25, 0.3) is 0 Å². The van der Waals surface area contributed by atoms with E-state index in [0.29, 0.717) is 0 Å². The van der Waals surface area contributed by atoms with Crippen molar-refractivity contribution in [3.05, 3.63) is 0 Å². The number of hydrogen-bond acceptors (Lipinski definition) is 4. The monoisotopic (exact) mass is 299 g/mol. The normalized spacial score (nSPS) is 16.1. The van der Waals surface area contributed by atoms with Gasteiger partial charge in [0.2, 0.25) is 0 Å². The quantitative estimate of drug-likeness (QED) is 0.613. The molecule has 0 saturated heterocycles. The van der Waals surface area contributed by atoms with Crippen molar-refractivity contribution in [3.8, 4) is 0 Å². The number of esters is 1. The van der Waals surface area contributed by atoms with Gasteiger partial charge in [0.25, 0.3) is 0 Å². The van der Waals surface area contributed by atoms with Crippen molar-refractivity contribution in [1.82, 2.24) is 4.90 Å². The zero-order valence-electron chi connectivity index (χ0n) is 15.0. The minimum Gasteiger partial charge on any atom is -0.460 e. The molecule has 0 aliphatic heterocycles. The Morgan fingerprint density at radius 2 is 1.62 bits per heavy atom. The number of likely N-dealkylation sites (N-methyl/N-ethyl adjacent to an activating group) is 1. The molecule has 0 aliphatic carbocycles. The summed E-state index contributed by atoms with van der Waals surface area (Å²) < 4.78 is 5.57. The summed E-state index contributed by atoms with van der Waals surface area (Å²) in [5.74, 6) is -0.0991. The zero-order valence-corrected chi connectivity index (χ0v) is 15.0. The molecule has 0 saturated carbocycles. The van der Waals surface area contributed by atoms with E-state index in [1.807, 2.05) is 25.8 Å². The van der Waals surface area contributed by atoms with E-state index in [2.05, 4.69) is 27.7 Å². The maximum absolute atomic E-state index is 12.7. The fraction of sp³-hybridized carbons (Fsp3) is 0.882. The molecule has 0 spiro atoms. The lowest BCUT2D eigenvalue weighted by Gasteiger charge is -2.38. The van der Waals surface area contributed by atoms with Crippen molar-refractivity contribution < 1.29 is 14.3 Å². The SMILES string of the molecule is CCC[C@@H](C)[C@@H](OC(C)=O)[C@@H](C(=O)C(C)C)N(C)C(C)C. The number of ketones is 1. The minimum atomic E-state index is -0.384. The lowest BCUT2D eigenvalue weighted by molar-refractivity contribution is -0.157. The van der Waals surface area contributed by atoms with Crippen LogP contribution in [0.2, 0.25) is 0 Å². The van der Waals surface area contributed by atoms with Crippen LogP contribution in [0, 0.1) is 11.8 Å². The Balaban J connectivity index is 5.53. The fourth-order valence-electron chi connectivity index (χ4n) is 2.56. The first kappa shape index (κ1) is 20.1. The van der Waals surface area contributed by atoms with E-state index < -0.39 is 0 Å². The summed E-state index contributed by atoms with van der Waals surface area (Å²) in [6, 6.07) is -0.167. The third-order valence-corrected chi connectivity index (χ3v) is 4.03. The van der Waals surface area contributed by atoms with E-state index in [4.69, 9.17) is 4.74 Å². The van der Waals surface area contributed by atoms with E-state index in [0.717, 1.165) is 12.8 Å². The lowest BCUT2D eigenvalue weighted by Crippen LogP contribution is -2.54. The molecule has 0 rings (SSSR count). The number of carbonyl (C=O) groups is 2. The van der Waals surface area contributed by atoms with Crippen molar-refractivity contribution in [3.63, 3.8) is 0 Å². The van der Waals surface area contributed by atoms with Gasteiger partial charge in [-0.15, -0.1) is 0 Å². The van der Waals surface area contributed by atoms with Crippen LogP contribution in [0.3, 0.4) is 0 Å². The Hall–Kier alpha value is -0.900. The van der Waals surface area contributed by atoms with Crippen LogP contribution in [0.5, 0.6) is 0 Å². The molecule has 124 valence electrons. The molecule has 0 bridgehead atoms. The average Bonchev–Trinajstić information content (AvgIpc) is 2.36. The highest BCUT2D eigenvalue weighted by Crippen LogP contribution is 2.24. The smallest absolute Gasteiger partial charge is 0.302 e. The fourth-order valence-corrected chi connectivity index (χ4v) is 2.56. The molecule has 21 heavy (non-hydrogen) atoms. The highest BCUT2D eigenvalue weighted by Gasteiger charge is 2.38. The first-order chi connectivity index (χ1) is 9.63. The van der Waals surface area contributed by atoms with Gasteiger partial charge in [0.15, 0.2) is 5.78 Å². The van der Waals surface area contributed by atoms with Gasteiger partial charge in [0.1, 0.15) is 12.1 Å². The summed E-state index contributed by atoms with van der Waals surface area (Å²) in [5.41, 5.74) is 0. The number of nitrogens with zero attached hydrogens (tertiary/aromatic N) is 1. The van der Waals surface area contributed by atoms with Crippen LogP contribution in [0.15, 0.2) is 0 Å². The molecule has 3 atom stereocenters. The predicted molar refractivity (Wildman–Crippen MR) is 86.2 cm³/mol. The van der Waals surface area contributed by atoms with Crippen molar-refractivity contribution >= 4 is 11.8 Å². The Bertz CT molecular complexity index is 339. The Kier molecular flexibility index (Phi) is 8.79. The Morgan fingerprint density at radius 1 is 1.10 bits per heavy atom. The van der Waals surface area contributed by atoms with E-state index in [1.54, 1.807) is 0 Å². The van der Waals surface area contributed by atoms with Gasteiger partial charge in [0, 0.05) is 18.9 Å². The van der Waals surface area contributed by atoms with Crippen molar-refractivity contribution in [1.29, 1.82) is 0 Å². The summed E-state index contributed by atoms with van der Waals surface area (Å²) in [6.07, 6.45) is 1.56. The van der Waals surface area contributed by atoms with Crippen molar-refractivity contribution in [2.24, 2.45) is 11.8 Å². The second-order valence-corrected chi connectivity index (χ2v) is 6.60. The Labute approximate surface area is 130 Å². The topological polar surface area (TPSA) is 46.6 Å². The van der Waals surface area contributed by atoms with Gasteiger partial charge in [-0.1, -0.05) is 34.1 Å². The van der Waals surface area contributed by atoms with Gasteiger partial charge in [-0.25, -0.2) is 0 Å². The second-order valence-electron chi connectivity index (χ2n) is 6.60. The summed E-state index contributed by atoms with van der Waals surface area (Å²) in [5, 5.41) is 0. The van der Waals surface area contributed by atoms with Gasteiger partial charge in [0.05, 0.1) is 0 Å². The maximum Gasteiger partial charge on any atom is 0.302 e. The van der Waals surface area contributed by atoms with E-state index >= 15 is 0 Å². The second kappa shape index (κ2) is 9.19. The number of rotatable bonds is 9. The largest absolute Gasteiger partial charge is 0.460 e. The third-order valence-electron chi connectivity index (χ3n) is 4.03. The predicted octanol–water partition coefficient (Wildman–Crippen LogP) is 3.29. The van der Waals surface area contributed by atoms with Crippen LogP contribution >= 0.6 is 0 Å². The summed E-state index contributed by atoms with van der Waals surface area (Å²) in [4.78, 5) is 26.2. The number of Topliss-reactive ketones (excluding diaryl/α,β-unsaturated/α-hetero) is 1. The molecular weight excluding hydrogens is 266 g/mol. The molecule has 0 aromatic heterocycles. The minimum absolute atomic E-state index is 0.0805. The summed E-state index contributed by atoms with van der Waals surface area (Å²) in [6.45, 7) is 13.5. The molecule has 0 N–H and O–H groups in total. The van der Waals surface area contributed by atoms with Crippen molar-refractivity contribution in [2.75, 3.05) is 7.05 Å². The number of hydrogen-bond donors (Lipinski definition) is 0. The number of carbonyl (C=O) groups excluding carboxylic acids is 2. The number of ether oxygens (including phenoxy) is 1. The zero-order chi connectivity index (χ0) is 16.7. The molecular formula is C17H33NO3. The van der Waals surface area contributed by atoms with Crippen LogP contribution in [0.1, 0.15) is 61.3 Å². The first-order valence-corrected chi connectivity index (χ1v) is 8.06. The van der Waals surface area contributed by atoms with Gasteiger partial charge in [-0.2, -0.15) is 0 Å². The molecule has 0 heterocycles. The van der Waals surface area contributed by atoms with Crippen molar-refractivity contribution in [2.45, 2.75) is 79.5 Å². The first-order valence-electron chi connectivity index (χ1n) is 8.06. The maximum atomic E-state index is 12.7. The molecule has 0 radical (unpaired) electrons. The molecule has 0 aliphatic rings. The van der Waals surface area contributed by atoms with Crippen LogP contribution in [-0.2, 0) is 14.3 Å². The van der Waals surface area contributed by atoms with E-state index in [-0.39, 0.29) is 41.8 Å². The lowest BCUT2D eigenvalue weighted by atomic mass is 9.86. The van der Waals surface area contributed by atoms with Gasteiger partial charge in [-0.3, -0.25) is 14.5 Å². The third kappa shape index (κ3) is 6.16. The van der Waals surface area contributed by atoms with Crippen LogP contribution in [0.4, 0.5) is 0 Å². The molecule has 4 nitrogen and oxygen atoms in total. The summed E-state index contributed by atoms with van der Waals surface area (Å²) in [7, 11) is 1.94. The van der Waals surface area contributed by atoms with Crippen LogP contribution < -0.4 is 0 Å². The highest BCUT2D eigenvalue weighted by molar-refractivity contribution is 5.86. The Morgan fingerprint density at radius 3 is 1.95 bits per heavy atom. The van der Waals surface area contributed by atoms with Crippen LogP contribution in [-0.4, -0.2) is 41.9 Å². The summed E-state index contributed by atoms with van der Waals surface area (Å²) >= 11 is 0. The molecule has 0 aromatic rings. The van der Waals surface area contributed by atoms with E-state index in [1.165, 1.54) is 6.92 Å². The molecule has 0 aromatic carbocycles. The standard InChI is InChI=1S/C17H33NO3/c1-9-10-13(6)17(21-14(7)19)15(16(20)11(2)3)18(8)12(4)5/h11-13,15,17H,9-10H2,1-8H3/t13-,15-,17-/m1/s1. The average molecular weight is 299 g/mol. The van der Waals surface area contributed by atoms with Gasteiger partial charge >= 0.3 is 5.97 Å².